The Morgan fingerprint density at radius 2 is 1.48 bits per heavy atom. The van der Waals surface area contributed by atoms with Crippen LogP contribution < -0.4 is 15.2 Å². The molecule has 6 nitrogen and oxygen atoms in total. The summed E-state index contributed by atoms with van der Waals surface area (Å²) in [5.74, 6) is 2.34. The third-order valence-electron chi connectivity index (χ3n) is 9.03. The summed E-state index contributed by atoms with van der Waals surface area (Å²) in [4.78, 5) is 23.4. The van der Waals surface area contributed by atoms with Crippen molar-refractivity contribution in [1.82, 2.24) is 0 Å². The van der Waals surface area contributed by atoms with Gasteiger partial charge in [-0.15, -0.1) is 0 Å². The predicted octanol–water partition coefficient (Wildman–Crippen LogP) is 8.23. The SMILES string of the molecule is Cc1c(C)c2c(c(C)c1OC(=O)CC[C@H](N)C(=O)O)CCC(C)(CCCC(C)CCCC(C)CCCC(C)C)O2. The molecule has 0 fully saturated rings. The highest BCUT2D eigenvalue weighted by molar-refractivity contribution is 5.77. The number of benzene rings is 1. The number of carboxylic acid groups (broad SMARTS) is 1. The van der Waals surface area contributed by atoms with Gasteiger partial charge in [-0.1, -0.05) is 72.6 Å². The van der Waals surface area contributed by atoms with Gasteiger partial charge < -0.3 is 20.3 Å². The second kappa shape index (κ2) is 15.8. The number of hydrogen-bond acceptors (Lipinski definition) is 5. The highest BCUT2D eigenvalue weighted by Gasteiger charge is 2.35. The molecule has 6 heteroatoms. The van der Waals surface area contributed by atoms with Gasteiger partial charge in [0.1, 0.15) is 23.1 Å². The van der Waals surface area contributed by atoms with E-state index in [2.05, 4.69) is 34.6 Å². The molecule has 4 atom stereocenters. The van der Waals surface area contributed by atoms with Gasteiger partial charge in [0.15, 0.2) is 0 Å². The normalized spacial score (nSPS) is 19.1. The number of fused-ring (bicyclic) bond motifs is 1. The van der Waals surface area contributed by atoms with Crippen molar-refractivity contribution in [2.75, 3.05) is 0 Å². The average Bonchev–Trinajstić information content (AvgIpc) is 2.88. The number of ether oxygens (including phenoxy) is 2. The van der Waals surface area contributed by atoms with Gasteiger partial charge in [0, 0.05) is 12.0 Å². The zero-order chi connectivity index (χ0) is 30.0. The molecule has 1 aromatic rings. The molecule has 0 aliphatic carbocycles. The monoisotopic (exact) mass is 559 g/mol. The molecule has 0 bridgehead atoms. The minimum absolute atomic E-state index is 0.0349. The van der Waals surface area contributed by atoms with Crippen molar-refractivity contribution >= 4 is 11.9 Å². The first kappa shape index (κ1) is 34.1. The first-order chi connectivity index (χ1) is 18.7. The van der Waals surface area contributed by atoms with Gasteiger partial charge in [-0.2, -0.15) is 0 Å². The number of hydrogen-bond donors (Lipinski definition) is 2. The molecule has 3 N–H and O–H groups in total. The number of carboxylic acids is 1. The Balaban J connectivity index is 1.88. The lowest BCUT2D eigenvalue weighted by Gasteiger charge is -2.38. The zero-order valence-corrected chi connectivity index (χ0v) is 26.7. The van der Waals surface area contributed by atoms with Crippen LogP contribution >= 0.6 is 0 Å². The third-order valence-corrected chi connectivity index (χ3v) is 9.03. The van der Waals surface area contributed by atoms with E-state index in [9.17, 15) is 9.59 Å². The maximum atomic E-state index is 12.5. The summed E-state index contributed by atoms with van der Waals surface area (Å²) >= 11 is 0. The maximum absolute atomic E-state index is 12.5. The van der Waals surface area contributed by atoms with E-state index < -0.39 is 18.0 Å². The molecule has 1 heterocycles. The molecule has 0 radical (unpaired) electrons. The highest BCUT2D eigenvalue weighted by atomic mass is 16.5. The molecule has 2 rings (SSSR count). The molecule has 3 unspecified atom stereocenters. The third kappa shape index (κ3) is 10.4. The quantitative estimate of drug-likeness (QED) is 0.147. The van der Waals surface area contributed by atoms with E-state index in [0.29, 0.717) is 5.75 Å². The highest BCUT2D eigenvalue weighted by Crippen LogP contribution is 2.45. The Labute approximate surface area is 243 Å². The minimum Gasteiger partial charge on any atom is -0.487 e. The number of carbonyl (C=O) groups is 2. The lowest BCUT2D eigenvalue weighted by atomic mass is 9.83. The van der Waals surface area contributed by atoms with E-state index in [0.717, 1.165) is 65.0 Å². The molecular formula is C34H57NO5. The Morgan fingerprint density at radius 3 is 2.05 bits per heavy atom. The van der Waals surface area contributed by atoms with Crippen LogP contribution in [0.1, 0.15) is 134 Å². The summed E-state index contributed by atoms with van der Waals surface area (Å²) in [5, 5.41) is 8.96. The summed E-state index contributed by atoms with van der Waals surface area (Å²) < 4.78 is 12.4. The molecule has 1 aliphatic heterocycles. The molecule has 0 aromatic heterocycles. The van der Waals surface area contributed by atoms with Crippen LogP contribution in [0.25, 0.3) is 0 Å². The van der Waals surface area contributed by atoms with Crippen molar-refractivity contribution in [3.8, 4) is 11.5 Å². The van der Waals surface area contributed by atoms with Crippen LogP contribution in [0.4, 0.5) is 0 Å². The van der Waals surface area contributed by atoms with E-state index in [4.69, 9.17) is 20.3 Å². The van der Waals surface area contributed by atoms with E-state index in [1.807, 2.05) is 20.8 Å². The van der Waals surface area contributed by atoms with Crippen LogP contribution in [-0.4, -0.2) is 28.7 Å². The molecule has 0 saturated heterocycles. The Kier molecular flexibility index (Phi) is 13.5. The first-order valence-corrected chi connectivity index (χ1v) is 15.7. The second-order valence-corrected chi connectivity index (χ2v) is 13.4. The molecule has 228 valence electrons. The van der Waals surface area contributed by atoms with Gasteiger partial charge in [-0.05, 0) is 94.2 Å². The van der Waals surface area contributed by atoms with Crippen LogP contribution in [0.2, 0.25) is 0 Å². The summed E-state index contributed by atoms with van der Waals surface area (Å²) in [7, 11) is 0. The average molecular weight is 560 g/mol. The topological polar surface area (TPSA) is 98.9 Å². The molecule has 0 amide bonds. The Bertz CT molecular complexity index is 987. The molecule has 0 saturated carbocycles. The van der Waals surface area contributed by atoms with E-state index in [1.54, 1.807) is 0 Å². The predicted molar refractivity (Wildman–Crippen MR) is 163 cm³/mol. The summed E-state index contributed by atoms with van der Waals surface area (Å²) in [6.45, 7) is 17.7. The van der Waals surface area contributed by atoms with Crippen molar-refractivity contribution in [2.45, 2.75) is 151 Å². The van der Waals surface area contributed by atoms with E-state index in [-0.39, 0.29) is 18.4 Å². The fraction of sp³-hybridized carbons (Fsp3) is 0.765. The largest absolute Gasteiger partial charge is 0.487 e. The van der Waals surface area contributed by atoms with Gasteiger partial charge in [0.05, 0.1) is 0 Å². The summed E-state index contributed by atoms with van der Waals surface area (Å²) in [6, 6.07) is -1.07. The van der Waals surface area contributed by atoms with Gasteiger partial charge in [0.25, 0.3) is 0 Å². The van der Waals surface area contributed by atoms with Crippen molar-refractivity contribution in [1.29, 1.82) is 0 Å². The number of rotatable bonds is 17. The summed E-state index contributed by atoms with van der Waals surface area (Å²) in [5.41, 5.74) is 9.30. The van der Waals surface area contributed by atoms with Crippen LogP contribution in [0.5, 0.6) is 11.5 Å². The standard InChI is InChI=1S/C34H57NO5/c1-22(2)12-9-13-23(3)14-10-15-24(4)16-11-20-34(8)21-19-28-27(7)31(25(5)26(6)32(28)40-34)39-30(36)18-17-29(35)33(37)38/h22-24,29H,9-21,35H2,1-8H3,(H,37,38)/t23?,24?,29-,34?/m0/s1. The lowest BCUT2D eigenvalue weighted by Crippen LogP contribution is -2.37. The van der Waals surface area contributed by atoms with Gasteiger partial charge in [0.2, 0.25) is 0 Å². The van der Waals surface area contributed by atoms with Crippen molar-refractivity contribution in [3.63, 3.8) is 0 Å². The van der Waals surface area contributed by atoms with E-state index in [1.165, 1.54) is 51.4 Å². The van der Waals surface area contributed by atoms with Gasteiger partial charge in [-0.25, -0.2) is 0 Å². The van der Waals surface area contributed by atoms with Crippen LogP contribution in [0.3, 0.4) is 0 Å². The number of aliphatic carboxylic acids is 1. The molecule has 40 heavy (non-hydrogen) atoms. The maximum Gasteiger partial charge on any atom is 0.320 e. The van der Waals surface area contributed by atoms with Crippen LogP contribution in [0.15, 0.2) is 0 Å². The Morgan fingerprint density at radius 1 is 0.900 bits per heavy atom. The molecule has 0 spiro atoms. The Hall–Kier alpha value is -2.08. The minimum atomic E-state index is -1.11. The smallest absolute Gasteiger partial charge is 0.320 e. The first-order valence-electron chi connectivity index (χ1n) is 15.7. The number of esters is 1. The van der Waals surface area contributed by atoms with Crippen LogP contribution in [-0.2, 0) is 16.0 Å². The lowest BCUT2D eigenvalue weighted by molar-refractivity contribution is -0.139. The molecule has 1 aromatic carbocycles. The fourth-order valence-electron chi connectivity index (χ4n) is 5.97. The number of carbonyl (C=O) groups excluding carboxylic acids is 1. The van der Waals surface area contributed by atoms with Gasteiger partial charge >= 0.3 is 11.9 Å². The van der Waals surface area contributed by atoms with Crippen molar-refractivity contribution in [2.24, 2.45) is 23.5 Å². The summed E-state index contributed by atoms with van der Waals surface area (Å²) in [6.07, 6.45) is 13.4. The zero-order valence-electron chi connectivity index (χ0n) is 26.7. The number of nitrogens with two attached hydrogens (primary N) is 1. The van der Waals surface area contributed by atoms with Crippen LogP contribution in [0, 0.1) is 38.5 Å². The van der Waals surface area contributed by atoms with E-state index >= 15 is 0 Å². The molecular weight excluding hydrogens is 502 g/mol. The fourth-order valence-corrected chi connectivity index (χ4v) is 5.97. The second-order valence-electron chi connectivity index (χ2n) is 13.4. The van der Waals surface area contributed by atoms with Crippen molar-refractivity contribution in [3.05, 3.63) is 22.3 Å². The molecule has 1 aliphatic rings. The van der Waals surface area contributed by atoms with Gasteiger partial charge in [-0.3, -0.25) is 9.59 Å². The van der Waals surface area contributed by atoms with Crippen molar-refractivity contribution < 1.29 is 24.2 Å².